The summed E-state index contributed by atoms with van der Waals surface area (Å²) in [4.78, 5) is 35.4. The van der Waals surface area contributed by atoms with Gasteiger partial charge in [0.15, 0.2) is 17.6 Å². The summed E-state index contributed by atoms with van der Waals surface area (Å²) in [5, 5.41) is 14.0. The Morgan fingerprint density at radius 2 is 1.69 bits per heavy atom. The second-order valence-corrected chi connectivity index (χ2v) is 6.07. The van der Waals surface area contributed by atoms with Crippen molar-refractivity contribution in [3.8, 4) is 11.5 Å². The number of amides is 1. The lowest BCUT2D eigenvalue weighted by atomic mass is 10.1. The molecule has 0 aromatic heterocycles. The first-order chi connectivity index (χ1) is 13.8. The molecule has 9 nitrogen and oxygen atoms in total. The monoisotopic (exact) mass is 402 g/mol. The molecular weight excluding hydrogens is 380 g/mol. The lowest BCUT2D eigenvalue weighted by Gasteiger charge is -2.15. The predicted molar refractivity (Wildman–Crippen MR) is 106 cm³/mol. The van der Waals surface area contributed by atoms with Crippen LogP contribution in [-0.2, 0) is 16.0 Å². The Bertz CT molecular complexity index is 910. The SMILES string of the molecule is CCc1ccc(NC(=O)[C@H](C)OC(=O)c2cc(OC)c(OC)cc2[N+](=O)[O-])cc1. The molecule has 0 bridgehead atoms. The van der Waals surface area contributed by atoms with Gasteiger partial charge in [0.1, 0.15) is 5.56 Å². The minimum absolute atomic E-state index is 0.0945. The van der Waals surface area contributed by atoms with Crippen LogP contribution in [0.3, 0.4) is 0 Å². The molecule has 0 aliphatic heterocycles. The van der Waals surface area contributed by atoms with Crippen molar-refractivity contribution in [1.82, 2.24) is 0 Å². The maximum absolute atomic E-state index is 12.5. The van der Waals surface area contributed by atoms with Crippen molar-refractivity contribution in [2.75, 3.05) is 19.5 Å². The molecule has 0 unspecified atom stereocenters. The Kier molecular flexibility index (Phi) is 7.13. The molecule has 0 heterocycles. The molecule has 9 heteroatoms. The summed E-state index contributed by atoms with van der Waals surface area (Å²) in [6.07, 6.45) is -0.312. The highest BCUT2D eigenvalue weighted by Crippen LogP contribution is 2.35. The van der Waals surface area contributed by atoms with Crippen molar-refractivity contribution in [2.24, 2.45) is 0 Å². The number of nitrogens with zero attached hydrogens (tertiary/aromatic N) is 1. The first-order valence-electron chi connectivity index (χ1n) is 8.81. The van der Waals surface area contributed by atoms with Crippen LogP contribution < -0.4 is 14.8 Å². The van der Waals surface area contributed by atoms with E-state index in [0.29, 0.717) is 5.69 Å². The van der Waals surface area contributed by atoms with Crippen molar-refractivity contribution in [3.05, 3.63) is 57.6 Å². The normalized spacial score (nSPS) is 11.3. The average Bonchev–Trinajstić information content (AvgIpc) is 2.72. The van der Waals surface area contributed by atoms with E-state index >= 15 is 0 Å². The van der Waals surface area contributed by atoms with E-state index in [4.69, 9.17) is 14.2 Å². The van der Waals surface area contributed by atoms with E-state index in [1.165, 1.54) is 21.1 Å². The number of carbonyl (C=O) groups is 2. The number of nitro benzene ring substituents is 1. The molecule has 2 aromatic rings. The summed E-state index contributed by atoms with van der Waals surface area (Å²) in [7, 11) is 2.65. The van der Waals surface area contributed by atoms with Crippen LogP contribution in [0.25, 0.3) is 0 Å². The zero-order valence-electron chi connectivity index (χ0n) is 16.6. The molecule has 2 aromatic carbocycles. The zero-order chi connectivity index (χ0) is 21.6. The maximum Gasteiger partial charge on any atom is 0.346 e. The summed E-state index contributed by atoms with van der Waals surface area (Å²) < 4.78 is 15.2. The Morgan fingerprint density at radius 3 is 2.21 bits per heavy atom. The number of ether oxygens (including phenoxy) is 3. The predicted octanol–water partition coefficient (Wildman–Crippen LogP) is 3.36. The molecule has 0 fully saturated rings. The minimum Gasteiger partial charge on any atom is -0.493 e. The minimum atomic E-state index is -1.18. The van der Waals surface area contributed by atoms with Gasteiger partial charge in [0.2, 0.25) is 0 Å². The number of carbonyl (C=O) groups excluding carboxylic acids is 2. The second-order valence-electron chi connectivity index (χ2n) is 6.07. The lowest BCUT2D eigenvalue weighted by molar-refractivity contribution is -0.385. The lowest BCUT2D eigenvalue weighted by Crippen LogP contribution is -2.30. The van der Waals surface area contributed by atoms with Gasteiger partial charge in [-0.15, -0.1) is 0 Å². The summed E-state index contributed by atoms with van der Waals surface area (Å²) >= 11 is 0. The van der Waals surface area contributed by atoms with E-state index in [0.717, 1.165) is 24.1 Å². The van der Waals surface area contributed by atoms with Crippen molar-refractivity contribution < 1.29 is 28.7 Å². The van der Waals surface area contributed by atoms with E-state index < -0.39 is 28.6 Å². The van der Waals surface area contributed by atoms with Gasteiger partial charge in [-0.2, -0.15) is 0 Å². The Morgan fingerprint density at radius 1 is 1.10 bits per heavy atom. The molecule has 154 valence electrons. The van der Waals surface area contributed by atoms with Crippen LogP contribution in [-0.4, -0.2) is 37.1 Å². The number of nitro groups is 1. The zero-order valence-corrected chi connectivity index (χ0v) is 16.6. The molecule has 0 saturated carbocycles. The number of hydrogen-bond donors (Lipinski definition) is 1. The summed E-state index contributed by atoms with van der Waals surface area (Å²) in [5.41, 5.74) is 0.797. The number of aryl methyl sites for hydroxylation is 1. The first kappa shape index (κ1) is 21.7. The van der Waals surface area contributed by atoms with Gasteiger partial charge in [0.25, 0.3) is 11.6 Å². The fourth-order valence-electron chi connectivity index (χ4n) is 2.53. The first-order valence-corrected chi connectivity index (χ1v) is 8.81. The second kappa shape index (κ2) is 9.54. The van der Waals surface area contributed by atoms with Crippen LogP contribution in [0, 0.1) is 10.1 Å². The fraction of sp³-hybridized carbons (Fsp3) is 0.300. The van der Waals surface area contributed by atoms with E-state index in [9.17, 15) is 19.7 Å². The summed E-state index contributed by atoms with van der Waals surface area (Å²) in [5.74, 6) is -1.37. The highest BCUT2D eigenvalue weighted by molar-refractivity contribution is 5.99. The summed E-state index contributed by atoms with van der Waals surface area (Å²) in [6, 6.07) is 9.44. The third-order valence-electron chi connectivity index (χ3n) is 4.20. The van der Waals surface area contributed by atoms with Gasteiger partial charge in [-0.05, 0) is 31.0 Å². The van der Waals surface area contributed by atoms with Crippen molar-refractivity contribution in [3.63, 3.8) is 0 Å². The Labute approximate surface area is 167 Å². The molecule has 0 spiro atoms. The molecule has 29 heavy (non-hydrogen) atoms. The number of benzene rings is 2. The molecule has 1 atom stereocenters. The van der Waals surface area contributed by atoms with Gasteiger partial charge in [0, 0.05) is 11.8 Å². The number of anilines is 1. The highest BCUT2D eigenvalue weighted by Gasteiger charge is 2.28. The molecule has 1 N–H and O–H groups in total. The van der Waals surface area contributed by atoms with Crippen LogP contribution >= 0.6 is 0 Å². The molecular formula is C20H22N2O7. The number of hydrogen-bond acceptors (Lipinski definition) is 7. The van der Waals surface area contributed by atoms with Crippen molar-refractivity contribution in [2.45, 2.75) is 26.4 Å². The Hall–Kier alpha value is -3.62. The van der Waals surface area contributed by atoms with Crippen molar-refractivity contribution >= 4 is 23.3 Å². The summed E-state index contributed by atoms with van der Waals surface area (Å²) in [6.45, 7) is 3.39. The molecule has 2 rings (SSSR count). The average molecular weight is 402 g/mol. The van der Waals surface area contributed by atoms with Crippen LogP contribution in [0.2, 0.25) is 0 Å². The standard InChI is InChI=1S/C20H22N2O7/c1-5-13-6-8-14(9-7-13)21-19(23)12(2)29-20(24)15-10-17(27-3)18(28-4)11-16(15)22(25)26/h6-12H,5H2,1-4H3,(H,21,23)/t12-/m0/s1. The van der Waals surface area contributed by atoms with Crippen molar-refractivity contribution in [1.29, 1.82) is 0 Å². The van der Waals surface area contributed by atoms with Gasteiger partial charge in [0.05, 0.1) is 25.2 Å². The van der Waals surface area contributed by atoms with E-state index in [-0.39, 0.29) is 17.1 Å². The molecule has 0 saturated heterocycles. The number of rotatable bonds is 8. The molecule has 0 aliphatic rings. The van der Waals surface area contributed by atoms with Gasteiger partial charge in [-0.1, -0.05) is 19.1 Å². The quantitative estimate of drug-likeness (QED) is 0.409. The van der Waals surface area contributed by atoms with Crippen LogP contribution in [0.1, 0.15) is 29.8 Å². The van der Waals surface area contributed by atoms with Gasteiger partial charge in [-0.25, -0.2) is 4.79 Å². The van der Waals surface area contributed by atoms with E-state index in [2.05, 4.69) is 5.32 Å². The van der Waals surface area contributed by atoms with Gasteiger partial charge < -0.3 is 19.5 Å². The Balaban J connectivity index is 2.17. The smallest absolute Gasteiger partial charge is 0.346 e. The van der Waals surface area contributed by atoms with Crippen LogP contribution in [0.15, 0.2) is 36.4 Å². The number of esters is 1. The molecule has 0 aliphatic carbocycles. The highest BCUT2D eigenvalue weighted by atomic mass is 16.6. The maximum atomic E-state index is 12.5. The van der Waals surface area contributed by atoms with Gasteiger partial charge >= 0.3 is 5.97 Å². The van der Waals surface area contributed by atoms with E-state index in [1.54, 1.807) is 12.1 Å². The van der Waals surface area contributed by atoms with Crippen LogP contribution in [0.5, 0.6) is 11.5 Å². The third kappa shape index (κ3) is 5.22. The topological polar surface area (TPSA) is 117 Å². The number of nitrogens with one attached hydrogen (secondary N) is 1. The molecule has 0 radical (unpaired) electrons. The van der Waals surface area contributed by atoms with E-state index in [1.807, 2.05) is 19.1 Å². The fourth-order valence-corrected chi connectivity index (χ4v) is 2.53. The van der Waals surface area contributed by atoms with Crippen LogP contribution in [0.4, 0.5) is 11.4 Å². The number of methoxy groups -OCH3 is 2. The third-order valence-corrected chi connectivity index (χ3v) is 4.20. The van der Waals surface area contributed by atoms with Gasteiger partial charge in [-0.3, -0.25) is 14.9 Å². The molecule has 1 amide bonds. The largest absolute Gasteiger partial charge is 0.493 e.